The van der Waals surface area contributed by atoms with E-state index in [9.17, 15) is 4.79 Å². The maximum absolute atomic E-state index is 13.4. The van der Waals surface area contributed by atoms with Gasteiger partial charge in [0.2, 0.25) is 0 Å². The van der Waals surface area contributed by atoms with Crippen molar-refractivity contribution in [2.75, 3.05) is 32.8 Å². The third-order valence-corrected chi connectivity index (χ3v) is 7.77. The fourth-order valence-electron chi connectivity index (χ4n) is 5.77. The second-order valence-electron chi connectivity index (χ2n) is 10.0. The fraction of sp³-hybridized carbons (Fsp3) is 0.481. The molecule has 0 saturated carbocycles. The maximum Gasteiger partial charge on any atom is 0.320 e. The lowest BCUT2D eigenvalue weighted by Gasteiger charge is -2.39. The zero-order chi connectivity index (χ0) is 23.2. The van der Waals surface area contributed by atoms with E-state index in [1.54, 1.807) is 0 Å². The average Bonchev–Trinajstić information content (AvgIpc) is 3.53. The summed E-state index contributed by atoms with van der Waals surface area (Å²) in [4.78, 5) is 25.3. The number of aromatic nitrogens is 2. The minimum absolute atomic E-state index is 0.125. The second-order valence-corrected chi connectivity index (χ2v) is 10.0. The van der Waals surface area contributed by atoms with E-state index in [-0.39, 0.29) is 12.1 Å². The van der Waals surface area contributed by atoms with E-state index in [0.29, 0.717) is 32.3 Å². The van der Waals surface area contributed by atoms with Crippen LogP contribution in [0, 0.1) is 6.92 Å². The van der Waals surface area contributed by atoms with Gasteiger partial charge in [-0.1, -0.05) is 6.07 Å². The number of carbonyl (C=O) groups excluding carboxylic acids is 1. The topological polar surface area (TPSA) is 73.5 Å². The van der Waals surface area contributed by atoms with Crippen LogP contribution in [0.5, 0.6) is 0 Å². The number of benzene rings is 1. The zero-order valence-electron chi connectivity index (χ0n) is 20.1. The first-order chi connectivity index (χ1) is 16.6. The van der Waals surface area contributed by atoms with E-state index in [2.05, 4.69) is 47.3 Å². The molecule has 0 bridgehead atoms. The molecule has 3 aromatic rings. The summed E-state index contributed by atoms with van der Waals surface area (Å²) in [6, 6.07) is 7.54. The number of aryl methyl sites for hydroxylation is 1. The van der Waals surface area contributed by atoms with Gasteiger partial charge in [-0.3, -0.25) is 0 Å². The molecule has 0 radical (unpaired) electrons. The van der Waals surface area contributed by atoms with Crippen LogP contribution in [0.15, 0.2) is 30.6 Å². The molecule has 1 aromatic carbocycles. The molecule has 0 aliphatic carbocycles. The Bertz CT molecular complexity index is 1230. The molecular weight excluding hydrogens is 426 g/mol. The molecule has 34 heavy (non-hydrogen) atoms. The minimum atomic E-state index is 0.125. The largest absolute Gasteiger partial charge is 0.377 e. The molecule has 6 rings (SSSR count). The molecule has 2 amide bonds. The number of nitrogens with zero attached hydrogens (tertiary/aromatic N) is 3. The number of hydrogen-bond acceptors (Lipinski definition) is 4. The van der Waals surface area contributed by atoms with Crippen LogP contribution in [0.1, 0.15) is 48.1 Å². The Morgan fingerprint density at radius 2 is 2.12 bits per heavy atom. The third-order valence-electron chi connectivity index (χ3n) is 7.77. The monoisotopic (exact) mass is 459 g/mol. The van der Waals surface area contributed by atoms with Gasteiger partial charge in [0.1, 0.15) is 5.65 Å². The number of aromatic amines is 1. The van der Waals surface area contributed by atoms with E-state index in [0.717, 1.165) is 37.1 Å². The smallest absolute Gasteiger partial charge is 0.320 e. The number of H-pyrrole nitrogens is 1. The number of rotatable bonds is 2. The van der Waals surface area contributed by atoms with Crippen molar-refractivity contribution in [2.24, 2.45) is 0 Å². The van der Waals surface area contributed by atoms with Gasteiger partial charge in [0, 0.05) is 49.0 Å². The summed E-state index contributed by atoms with van der Waals surface area (Å²) in [6.07, 6.45) is 7.20. The van der Waals surface area contributed by atoms with Crippen LogP contribution >= 0.6 is 0 Å². The number of hydrogen-bond donors (Lipinski definition) is 2. The first kappa shape index (κ1) is 21.6. The average molecular weight is 460 g/mol. The lowest BCUT2D eigenvalue weighted by Crippen LogP contribution is -2.53. The second kappa shape index (κ2) is 8.71. The molecule has 2 fully saturated rings. The molecule has 2 aromatic heterocycles. The SMILES string of the molecule is Cc1c[nH]c2ncc(-c3cc4c(c([C@@H]5CCCN5)c3)CN(C(=O)N3CCOC[C@@H]3C)CC4)cc12. The summed E-state index contributed by atoms with van der Waals surface area (Å²) in [7, 11) is 0. The molecular formula is C27H33N5O2. The predicted molar refractivity (Wildman–Crippen MR) is 133 cm³/mol. The van der Waals surface area contributed by atoms with Gasteiger partial charge >= 0.3 is 6.03 Å². The van der Waals surface area contributed by atoms with Crippen molar-refractivity contribution >= 4 is 17.1 Å². The Hall–Kier alpha value is -2.90. The van der Waals surface area contributed by atoms with Gasteiger partial charge in [0.15, 0.2) is 0 Å². The molecule has 7 heteroatoms. The van der Waals surface area contributed by atoms with Crippen molar-refractivity contribution in [2.45, 2.75) is 51.7 Å². The number of ether oxygens (including phenoxy) is 1. The normalized spacial score (nSPS) is 22.9. The van der Waals surface area contributed by atoms with Crippen LogP contribution in [0.2, 0.25) is 0 Å². The molecule has 0 unspecified atom stereocenters. The predicted octanol–water partition coefficient (Wildman–Crippen LogP) is 4.16. The van der Waals surface area contributed by atoms with E-state index in [4.69, 9.17) is 4.74 Å². The Morgan fingerprint density at radius 3 is 2.94 bits per heavy atom. The van der Waals surface area contributed by atoms with Crippen molar-refractivity contribution in [1.82, 2.24) is 25.1 Å². The van der Waals surface area contributed by atoms with Crippen LogP contribution < -0.4 is 5.32 Å². The molecule has 3 aliphatic heterocycles. The Morgan fingerprint density at radius 1 is 1.21 bits per heavy atom. The van der Waals surface area contributed by atoms with Gasteiger partial charge < -0.3 is 24.8 Å². The maximum atomic E-state index is 13.4. The van der Waals surface area contributed by atoms with Gasteiger partial charge in [-0.25, -0.2) is 9.78 Å². The van der Waals surface area contributed by atoms with E-state index in [1.807, 2.05) is 22.2 Å². The standard InChI is InChI=1S/C27H33N5O2/c1-17-13-29-26-22(17)12-21(14-30-26)20-10-19-5-7-31(27(33)32-8-9-34-16-18(32)2)15-24(19)23(11-20)25-4-3-6-28-25/h10-14,18,25,28H,3-9,15-16H2,1-2H3,(H,29,30)/t18-,25-/m0/s1. The highest BCUT2D eigenvalue weighted by molar-refractivity contribution is 5.84. The quantitative estimate of drug-likeness (QED) is 0.604. The molecule has 3 aliphatic rings. The molecule has 2 N–H and O–H groups in total. The van der Waals surface area contributed by atoms with E-state index >= 15 is 0 Å². The number of pyridine rings is 1. The number of carbonyl (C=O) groups is 1. The highest BCUT2D eigenvalue weighted by Gasteiger charge is 2.32. The van der Waals surface area contributed by atoms with Crippen LogP contribution in [0.3, 0.4) is 0 Å². The zero-order valence-corrected chi connectivity index (χ0v) is 20.1. The molecule has 2 saturated heterocycles. The molecule has 2 atom stereocenters. The van der Waals surface area contributed by atoms with Crippen molar-refractivity contribution in [3.63, 3.8) is 0 Å². The lowest BCUT2D eigenvalue weighted by molar-refractivity contribution is 0.00934. The van der Waals surface area contributed by atoms with Crippen LogP contribution in [0.25, 0.3) is 22.2 Å². The Balaban J connectivity index is 1.36. The van der Waals surface area contributed by atoms with Crippen LogP contribution in [-0.4, -0.2) is 64.7 Å². The third kappa shape index (κ3) is 3.77. The van der Waals surface area contributed by atoms with Gasteiger partial charge in [-0.05, 0) is 79.6 Å². The van der Waals surface area contributed by atoms with Crippen molar-refractivity contribution in [3.8, 4) is 11.1 Å². The summed E-state index contributed by atoms with van der Waals surface area (Å²) < 4.78 is 5.55. The summed E-state index contributed by atoms with van der Waals surface area (Å²) in [5, 5.41) is 4.87. The Kier molecular flexibility index (Phi) is 5.54. The number of nitrogens with one attached hydrogen (secondary N) is 2. The number of morpholine rings is 1. The van der Waals surface area contributed by atoms with Crippen LogP contribution in [-0.2, 0) is 17.7 Å². The summed E-state index contributed by atoms with van der Waals surface area (Å²) >= 11 is 0. The lowest BCUT2D eigenvalue weighted by atomic mass is 9.87. The minimum Gasteiger partial charge on any atom is -0.377 e. The summed E-state index contributed by atoms with van der Waals surface area (Å²) in [6.45, 7) is 8.60. The molecule has 7 nitrogen and oxygen atoms in total. The Labute approximate surface area is 200 Å². The van der Waals surface area contributed by atoms with Gasteiger partial charge in [-0.15, -0.1) is 0 Å². The first-order valence-corrected chi connectivity index (χ1v) is 12.5. The summed E-state index contributed by atoms with van der Waals surface area (Å²) in [5.74, 6) is 0. The first-order valence-electron chi connectivity index (χ1n) is 12.5. The van der Waals surface area contributed by atoms with Crippen molar-refractivity contribution in [1.29, 1.82) is 0 Å². The van der Waals surface area contributed by atoms with E-state index in [1.165, 1.54) is 39.6 Å². The highest BCUT2D eigenvalue weighted by Crippen LogP contribution is 2.36. The van der Waals surface area contributed by atoms with Crippen molar-refractivity contribution in [3.05, 3.63) is 52.8 Å². The number of fused-ring (bicyclic) bond motifs is 2. The number of amides is 2. The van der Waals surface area contributed by atoms with Gasteiger partial charge in [-0.2, -0.15) is 0 Å². The van der Waals surface area contributed by atoms with Crippen LogP contribution in [0.4, 0.5) is 4.79 Å². The molecule has 178 valence electrons. The number of urea groups is 1. The summed E-state index contributed by atoms with van der Waals surface area (Å²) in [5.41, 5.74) is 8.57. The van der Waals surface area contributed by atoms with Gasteiger partial charge in [0.25, 0.3) is 0 Å². The fourth-order valence-corrected chi connectivity index (χ4v) is 5.77. The molecule has 5 heterocycles. The molecule has 0 spiro atoms. The van der Waals surface area contributed by atoms with Gasteiger partial charge in [0.05, 0.1) is 19.3 Å². The van der Waals surface area contributed by atoms with E-state index < -0.39 is 0 Å². The highest BCUT2D eigenvalue weighted by atomic mass is 16.5. The van der Waals surface area contributed by atoms with Crippen molar-refractivity contribution < 1.29 is 9.53 Å².